The van der Waals surface area contributed by atoms with E-state index in [1.165, 1.54) is 3.57 Å². The minimum Gasteiger partial charge on any atom is -0.355 e. The Morgan fingerprint density at radius 2 is 2.20 bits per heavy atom. The number of carbonyl (C=O) groups is 1. The molecule has 0 saturated carbocycles. The van der Waals surface area contributed by atoms with Crippen molar-refractivity contribution in [2.24, 2.45) is 11.8 Å². The summed E-state index contributed by atoms with van der Waals surface area (Å²) in [7, 11) is 0. The molecule has 2 atom stereocenters. The first-order chi connectivity index (χ1) is 9.72. The number of carbonyl (C=O) groups excluding carboxylic acids is 1. The highest BCUT2D eigenvalue weighted by Gasteiger charge is 2.42. The van der Waals surface area contributed by atoms with Gasteiger partial charge in [-0.15, -0.1) is 0 Å². The van der Waals surface area contributed by atoms with Gasteiger partial charge in [0.05, 0.1) is 11.4 Å². The first-order valence-corrected chi connectivity index (χ1v) is 7.73. The standard InChI is InChI=1S/C14H13IN4O/c15-9-1-2-12-10(3-9)13(18-7-17-12)19-5-8-4-16-14(20)11(8)6-19/h1-3,7-8,11H,4-6H2,(H,16,20)/t8-,11+/m1/s1. The normalized spacial score (nSPS) is 25.1. The highest BCUT2D eigenvalue weighted by atomic mass is 127. The number of nitrogens with zero attached hydrogens (tertiary/aromatic N) is 3. The van der Waals surface area contributed by atoms with Gasteiger partial charge in [-0.3, -0.25) is 4.79 Å². The van der Waals surface area contributed by atoms with Crippen molar-refractivity contribution in [3.63, 3.8) is 0 Å². The zero-order chi connectivity index (χ0) is 13.7. The number of benzene rings is 1. The number of fused-ring (bicyclic) bond motifs is 2. The van der Waals surface area contributed by atoms with Gasteiger partial charge < -0.3 is 10.2 Å². The van der Waals surface area contributed by atoms with Crippen LogP contribution in [0.1, 0.15) is 0 Å². The van der Waals surface area contributed by atoms with Gasteiger partial charge in [0.15, 0.2) is 0 Å². The molecule has 0 spiro atoms. The summed E-state index contributed by atoms with van der Waals surface area (Å²) < 4.78 is 1.17. The van der Waals surface area contributed by atoms with Gasteiger partial charge in [0.1, 0.15) is 12.1 Å². The number of hydrogen-bond donors (Lipinski definition) is 1. The minimum atomic E-state index is 0.114. The van der Waals surface area contributed by atoms with Crippen LogP contribution in [0.3, 0.4) is 0 Å². The van der Waals surface area contributed by atoms with Gasteiger partial charge in [0.2, 0.25) is 5.91 Å². The topological polar surface area (TPSA) is 58.1 Å². The molecule has 102 valence electrons. The van der Waals surface area contributed by atoms with Gasteiger partial charge in [-0.1, -0.05) is 0 Å². The van der Waals surface area contributed by atoms with E-state index in [0.717, 1.165) is 36.4 Å². The molecular weight excluding hydrogens is 367 g/mol. The predicted octanol–water partition coefficient (Wildman–Crippen LogP) is 1.42. The van der Waals surface area contributed by atoms with Crippen molar-refractivity contribution in [1.82, 2.24) is 15.3 Å². The Labute approximate surface area is 129 Å². The van der Waals surface area contributed by atoms with Crippen LogP contribution < -0.4 is 10.2 Å². The highest BCUT2D eigenvalue weighted by Crippen LogP contribution is 2.33. The lowest BCUT2D eigenvalue weighted by atomic mass is 10.0. The quantitative estimate of drug-likeness (QED) is 0.761. The fourth-order valence-corrected chi connectivity index (χ4v) is 3.67. The third kappa shape index (κ3) is 1.85. The largest absolute Gasteiger partial charge is 0.355 e. The third-order valence-corrected chi connectivity index (χ3v) is 4.86. The van der Waals surface area contributed by atoms with Crippen LogP contribution in [-0.4, -0.2) is 35.5 Å². The summed E-state index contributed by atoms with van der Waals surface area (Å²) in [6.45, 7) is 2.44. The van der Waals surface area contributed by atoms with Crippen LogP contribution >= 0.6 is 22.6 Å². The summed E-state index contributed by atoms with van der Waals surface area (Å²) in [5.41, 5.74) is 0.955. The number of halogens is 1. The summed E-state index contributed by atoms with van der Waals surface area (Å²) in [6, 6.07) is 6.18. The lowest BCUT2D eigenvalue weighted by Gasteiger charge is -2.19. The van der Waals surface area contributed by atoms with E-state index >= 15 is 0 Å². The summed E-state index contributed by atoms with van der Waals surface area (Å²) >= 11 is 2.30. The van der Waals surface area contributed by atoms with E-state index in [1.807, 2.05) is 12.1 Å². The molecule has 0 unspecified atom stereocenters. The van der Waals surface area contributed by atoms with E-state index in [-0.39, 0.29) is 11.8 Å². The van der Waals surface area contributed by atoms with Crippen molar-refractivity contribution < 1.29 is 4.79 Å². The van der Waals surface area contributed by atoms with Gasteiger partial charge in [-0.25, -0.2) is 9.97 Å². The molecule has 1 N–H and O–H groups in total. The zero-order valence-corrected chi connectivity index (χ0v) is 12.9. The molecule has 0 aliphatic carbocycles. The van der Waals surface area contributed by atoms with Crippen LogP contribution in [0, 0.1) is 15.4 Å². The highest BCUT2D eigenvalue weighted by molar-refractivity contribution is 14.1. The van der Waals surface area contributed by atoms with E-state index in [0.29, 0.717) is 5.92 Å². The predicted molar refractivity (Wildman–Crippen MR) is 84.5 cm³/mol. The van der Waals surface area contributed by atoms with Crippen molar-refractivity contribution in [2.45, 2.75) is 0 Å². The van der Waals surface area contributed by atoms with Crippen LogP contribution in [0.5, 0.6) is 0 Å². The molecule has 3 heterocycles. The smallest absolute Gasteiger partial charge is 0.225 e. The van der Waals surface area contributed by atoms with Crippen LogP contribution in [0.15, 0.2) is 24.5 Å². The molecule has 0 radical (unpaired) electrons. The maximum atomic E-state index is 11.8. The van der Waals surface area contributed by atoms with Gasteiger partial charge >= 0.3 is 0 Å². The summed E-state index contributed by atoms with van der Waals surface area (Å²) in [5.74, 6) is 1.67. The third-order valence-electron chi connectivity index (χ3n) is 4.19. The Bertz CT molecular complexity index is 705. The Hall–Kier alpha value is -1.44. The number of amides is 1. The van der Waals surface area contributed by atoms with E-state index in [4.69, 9.17) is 0 Å². The molecule has 2 aliphatic rings. The molecule has 2 aliphatic heterocycles. The molecule has 1 amide bonds. The second-order valence-electron chi connectivity index (χ2n) is 5.38. The minimum absolute atomic E-state index is 0.114. The summed E-state index contributed by atoms with van der Waals surface area (Å²) in [6.07, 6.45) is 1.61. The van der Waals surface area contributed by atoms with Crippen LogP contribution in [0.4, 0.5) is 5.82 Å². The molecular formula is C14H13IN4O. The molecule has 0 bridgehead atoms. The maximum absolute atomic E-state index is 11.8. The monoisotopic (exact) mass is 380 g/mol. The Kier molecular flexibility index (Phi) is 2.80. The number of aromatic nitrogens is 2. The Morgan fingerprint density at radius 1 is 1.30 bits per heavy atom. The Balaban J connectivity index is 1.76. The molecule has 2 saturated heterocycles. The molecule has 20 heavy (non-hydrogen) atoms. The number of nitrogens with one attached hydrogen (secondary N) is 1. The van der Waals surface area contributed by atoms with E-state index < -0.39 is 0 Å². The Morgan fingerprint density at radius 3 is 3.05 bits per heavy atom. The van der Waals surface area contributed by atoms with E-state index in [2.05, 4.69) is 48.8 Å². The maximum Gasteiger partial charge on any atom is 0.225 e. The first-order valence-electron chi connectivity index (χ1n) is 6.65. The number of rotatable bonds is 1. The first kappa shape index (κ1) is 12.3. The lowest BCUT2D eigenvalue weighted by Crippen LogP contribution is -2.29. The second-order valence-corrected chi connectivity index (χ2v) is 6.62. The van der Waals surface area contributed by atoms with Crippen LogP contribution in [-0.2, 0) is 4.79 Å². The van der Waals surface area contributed by atoms with Crippen molar-refractivity contribution in [1.29, 1.82) is 0 Å². The van der Waals surface area contributed by atoms with Gasteiger partial charge in [0, 0.05) is 34.5 Å². The van der Waals surface area contributed by atoms with Crippen LogP contribution in [0.25, 0.3) is 10.9 Å². The van der Waals surface area contributed by atoms with Gasteiger partial charge in [0.25, 0.3) is 0 Å². The van der Waals surface area contributed by atoms with Crippen LogP contribution in [0.2, 0.25) is 0 Å². The second kappa shape index (κ2) is 4.54. The zero-order valence-electron chi connectivity index (χ0n) is 10.7. The number of hydrogen-bond acceptors (Lipinski definition) is 4. The van der Waals surface area contributed by atoms with Crippen molar-refractivity contribution in [3.8, 4) is 0 Å². The SMILES string of the molecule is O=C1NC[C@@H]2CN(c3ncnc4ccc(I)cc34)C[C@H]12. The van der Waals surface area contributed by atoms with Crippen molar-refractivity contribution in [2.75, 3.05) is 24.5 Å². The summed E-state index contributed by atoms with van der Waals surface area (Å²) in [5, 5.41) is 4.01. The molecule has 1 aromatic heterocycles. The molecule has 4 rings (SSSR count). The molecule has 5 nitrogen and oxygen atoms in total. The van der Waals surface area contributed by atoms with Gasteiger partial charge in [-0.2, -0.15) is 0 Å². The average Bonchev–Trinajstić information content (AvgIpc) is 3.01. The van der Waals surface area contributed by atoms with E-state index in [1.54, 1.807) is 6.33 Å². The van der Waals surface area contributed by atoms with Crippen molar-refractivity contribution in [3.05, 3.63) is 28.1 Å². The summed E-state index contributed by atoms with van der Waals surface area (Å²) in [4.78, 5) is 22.8. The average molecular weight is 380 g/mol. The molecule has 2 fully saturated rings. The fraction of sp³-hybridized carbons (Fsp3) is 0.357. The molecule has 2 aromatic rings. The van der Waals surface area contributed by atoms with Crippen molar-refractivity contribution >= 4 is 45.2 Å². The molecule has 6 heteroatoms. The van der Waals surface area contributed by atoms with Gasteiger partial charge in [-0.05, 0) is 40.8 Å². The van der Waals surface area contributed by atoms with E-state index in [9.17, 15) is 4.79 Å². The number of anilines is 1. The lowest BCUT2D eigenvalue weighted by molar-refractivity contribution is -0.122. The molecule has 1 aromatic carbocycles. The fourth-order valence-electron chi connectivity index (χ4n) is 3.18.